The van der Waals surface area contributed by atoms with E-state index in [4.69, 9.17) is 4.74 Å². The topological polar surface area (TPSA) is 21.3 Å². The van der Waals surface area contributed by atoms with Gasteiger partial charge in [0.25, 0.3) is 0 Å². The maximum Gasteiger partial charge on any atom is 0.0728 e. The minimum Gasteiger partial charge on any atom is -0.378 e. The Kier molecular flexibility index (Phi) is 3.32. The molecule has 1 aromatic rings. The molecule has 1 fully saturated rings. The van der Waals surface area contributed by atoms with E-state index in [1.807, 2.05) is 11.8 Å². The average Bonchev–Trinajstić information content (AvgIpc) is 2.14. The zero-order valence-electron chi connectivity index (χ0n) is 8.32. The van der Waals surface area contributed by atoms with E-state index in [9.17, 15) is 0 Å². The number of ether oxygens (including phenoxy) is 1. The number of hydrogen-bond acceptors (Lipinski definition) is 3. The summed E-state index contributed by atoms with van der Waals surface area (Å²) in [7, 11) is 0. The molecule has 1 aliphatic rings. The number of thioether (sulfide) groups is 1. The van der Waals surface area contributed by atoms with Crippen molar-refractivity contribution < 1.29 is 4.74 Å². The highest BCUT2D eigenvalue weighted by atomic mass is 32.2. The van der Waals surface area contributed by atoms with E-state index in [0.717, 1.165) is 19.0 Å². The monoisotopic (exact) mass is 209 g/mol. The van der Waals surface area contributed by atoms with E-state index >= 15 is 0 Å². The summed E-state index contributed by atoms with van der Waals surface area (Å²) in [6.45, 7) is 1.68. The Morgan fingerprint density at radius 3 is 2.57 bits per heavy atom. The van der Waals surface area contributed by atoms with Crippen LogP contribution in [0.25, 0.3) is 0 Å². The summed E-state index contributed by atoms with van der Waals surface area (Å²) < 4.78 is 5.10. The van der Waals surface area contributed by atoms with Crippen LogP contribution in [0.2, 0.25) is 0 Å². The maximum atomic E-state index is 5.10. The first-order valence-corrected chi connectivity index (χ1v) is 6.20. The van der Waals surface area contributed by atoms with E-state index in [2.05, 4.69) is 35.8 Å². The maximum absolute atomic E-state index is 5.10. The summed E-state index contributed by atoms with van der Waals surface area (Å²) in [5.41, 5.74) is 2.58. The minimum absolute atomic E-state index is 0.515. The Labute approximate surface area is 89.0 Å². The molecular formula is C11H15NOS. The first-order valence-electron chi connectivity index (χ1n) is 4.80. The van der Waals surface area contributed by atoms with E-state index in [1.54, 1.807) is 0 Å². The summed E-state index contributed by atoms with van der Waals surface area (Å²) in [6, 6.07) is 9.16. The molecule has 0 radical (unpaired) electrons. The van der Waals surface area contributed by atoms with Crippen LogP contribution in [0.4, 0.5) is 5.69 Å². The predicted octanol–water partition coefficient (Wildman–Crippen LogP) is 2.36. The molecule has 3 heteroatoms. The number of anilines is 1. The van der Waals surface area contributed by atoms with Gasteiger partial charge in [-0.05, 0) is 24.0 Å². The second-order valence-corrected chi connectivity index (χ2v) is 4.37. The molecule has 0 saturated carbocycles. The van der Waals surface area contributed by atoms with E-state index in [1.165, 1.54) is 11.3 Å². The zero-order chi connectivity index (χ0) is 9.80. The smallest absolute Gasteiger partial charge is 0.0728 e. The predicted molar refractivity (Wildman–Crippen MR) is 61.9 cm³/mol. The molecule has 1 aromatic carbocycles. The van der Waals surface area contributed by atoms with Gasteiger partial charge in [-0.2, -0.15) is 11.8 Å². The molecule has 1 heterocycles. The van der Waals surface area contributed by atoms with Crippen LogP contribution in [0.3, 0.4) is 0 Å². The van der Waals surface area contributed by atoms with Gasteiger partial charge >= 0.3 is 0 Å². The fourth-order valence-corrected chi connectivity index (χ4v) is 1.94. The van der Waals surface area contributed by atoms with Gasteiger partial charge in [-0.15, -0.1) is 0 Å². The summed E-state index contributed by atoms with van der Waals surface area (Å²) in [6.07, 6.45) is 2.12. The Morgan fingerprint density at radius 2 is 2.07 bits per heavy atom. The lowest BCUT2D eigenvalue weighted by molar-refractivity contribution is 0.0211. The second-order valence-electron chi connectivity index (χ2n) is 3.51. The van der Waals surface area contributed by atoms with Gasteiger partial charge in [-0.3, -0.25) is 0 Å². The molecule has 76 valence electrons. The summed E-state index contributed by atoms with van der Waals surface area (Å²) in [4.78, 5) is 0. The van der Waals surface area contributed by atoms with Crippen LogP contribution in [-0.4, -0.2) is 25.5 Å². The summed E-state index contributed by atoms with van der Waals surface area (Å²) in [5, 5.41) is 3.42. The van der Waals surface area contributed by atoms with Gasteiger partial charge < -0.3 is 10.1 Å². The molecule has 0 bridgehead atoms. The molecule has 0 amide bonds. The molecule has 1 saturated heterocycles. The molecule has 0 spiro atoms. The molecule has 0 aromatic heterocycles. The minimum atomic E-state index is 0.515. The van der Waals surface area contributed by atoms with Gasteiger partial charge in [0.15, 0.2) is 0 Å². The largest absolute Gasteiger partial charge is 0.378 e. The highest BCUT2D eigenvalue weighted by Gasteiger charge is 2.17. The van der Waals surface area contributed by atoms with Gasteiger partial charge in [0.2, 0.25) is 0 Å². The van der Waals surface area contributed by atoms with Gasteiger partial charge in [-0.25, -0.2) is 0 Å². The Balaban J connectivity index is 1.91. The van der Waals surface area contributed by atoms with Gasteiger partial charge in [0.1, 0.15) is 0 Å². The van der Waals surface area contributed by atoms with Crippen LogP contribution < -0.4 is 5.32 Å². The Bertz CT molecular complexity index is 282. The van der Waals surface area contributed by atoms with Gasteiger partial charge in [0, 0.05) is 11.4 Å². The van der Waals surface area contributed by atoms with E-state index < -0.39 is 0 Å². The number of hydrogen-bond donors (Lipinski definition) is 1. The van der Waals surface area contributed by atoms with Crippen LogP contribution in [0.1, 0.15) is 5.56 Å². The number of benzene rings is 1. The molecule has 14 heavy (non-hydrogen) atoms. The Morgan fingerprint density at radius 1 is 1.36 bits per heavy atom. The van der Waals surface area contributed by atoms with Crippen LogP contribution in [-0.2, 0) is 10.5 Å². The van der Waals surface area contributed by atoms with Crippen molar-refractivity contribution >= 4 is 17.4 Å². The number of rotatable bonds is 4. The molecule has 2 nitrogen and oxygen atoms in total. The fraction of sp³-hybridized carbons (Fsp3) is 0.455. The van der Waals surface area contributed by atoms with Crippen molar-refractivity contribution in [3.8, 4) is 0 Å². The first kappa shape index (κ1) is 9.87. The lowest BCUT2D eigenvalue weighted by Gasteiger charge is -2.27. The molecule has 1 N–H and O–H groups in total. The molecule has 0 aliphatic carbocycles. The van der Waals surface area contributed by atoms with Crippen molar-refractivity contribution in [1.29, 1.82) is 0 Å². The van der Waals surface area contributed by atoms with Crippen LogP contribution >= 0.6 is 11.8 Å². The van der Waals surface area contributed by atoms with Crippen molar-refractivity contribution in [2.45, 2.75) is 11.8 Å². The lowest BCUT2D eigenvalue weighted by atomic mass is 10.2. The van der Waals surface area contributed by atoms with Crippen LogP contribution in [0.15, 0.2) is 24.3 Å². The summed E-state index contributed by atoms with van der Waals surface area (Å²) in [5.74, 6) is 1.09. The standard InChI is InChI=1S/C11H15NOS/c1-14-8-9-2-4-10(5-3-9)12-11-6-13-7-11/h2-5,11-12H,6-8H2,1H3. The SMILES string of the molecule is CSCc1ccc(NC2COC2)cc1. The normalized spacial score (nSPS) is 16.4. The van der Waals surface area contributed by atoms with Crippen molar-refractivity contribution in [3.63, 3.8) is 0 Å². The average molecular weight is 209 g/mol. The molecule has 0 unspecified atom stereocenters. The van der Waals surface area contributed by atoms with Crippen LogP contribution in [0, 0.1) is 0 Å². The van der Waals surface area contributed by atoms with Crippen molar-refractivity contribution in [1.82, 2.24) is 0 Å². The molecule has 2 rings (SSSR count). The zero-order valence-corrected chi connectivity index (χ0v) is 9.14. The fourth-order valence-electron chi connectivity index (χ4n) is 1.42. The van der Waals surface area contributed by atoms with Gasteiger partial charge in [0.05, 0.1) is 19.3 Å². The quantitative estimate of drug-likeness (QED) is 0.822. The Hall–Kier alpha value is -0.670. The second kappa shape index (κ2) is 4.71. The highest BCUT2D eigenvalue weighted by molar-refractivity contribution is 7.97. The first-order chi connectivity index (χ1) is 6.88. The van der Waals surface area contributed by atoms with Gasteiger partial charge in [-0.1, -0.05) is 12.1 Å². The highest BCUT2D eigenvalue weighted by Crippen LogP contribution is 2.16. The van der Waals surface area contributed by atoms with E-state index in [0.29, 0.717) is 6.04 Å². The number of nitrogens with one attached hydrogen (secondary N) is 1. The lowest BCUT2D eigenvalue weighted by Crippen LogP contribution is -2.40. The van der Waals surface area contributed by atoms with Crippen molar-refractivity contribution in [3.05, 3.63) is 29.8 Å². The van der Waals surface area contributed by atoms with Crippen LogP contribution in [0.5, 0.6) is 0 Å². The summed E-state index contributed by atoms with van der Waals surface area (Å²) >= 11 is 1.85. The van der Waals surface area contributed by atoms with Crippen molar-refractivity contribution in [2.24, 2.45) is 0 Å². The third kappa shape index (κ3) is 2.42. The molecular weight excluding hydrogens is 194 g/mol. The molecule has 1 aliphatic heterocycles. The van der Waals surface area contributed by atoms with Crippen molar-refractivity contribution in [2.75, 3.05) is 24.8 Å². The van der Waals surface area contributed by atoms with E-state index in [-0.39, 0.29) is 0 Å². The third-order valence-corrected chi connectivity index (χ3v) is 2.90. The third-order valence-electron chi connectivity index (χ3n) is 2.27. The molecule has 0 atom stereocenters.